The summed E-state index contributed by atoms with van der Waals surface area (Å²) in [5.74, 6) is 0. The van der Waals surface area contributed by atoms with E-state index in [0.29, 0.717) is 5.39 Å². The van der Waals surface area contributed by atoms with E-state index in [4.69, 9.17) is 0 Å². The maximum atomic E-state index is 12.7. The monoisotopic (exact) mass is 302 g/mol. The summed E-state index contributed by atoms with van der Waals surface area (Å²) < 4.78 is 26.3. The zero-order chi connectivity index (χ0) is 15.0. The molecular weight excluding hydrogens is 291 g/mol. The van der Waals surface area contributed by atoms with E-state index >= 15 is 0 Å². The summed E-state index contributed by atoms with van der Waals surface area (Å²) in [6.07, 6.45) is 1.45. The molecule has 0 spiro atoms. The third-order valence-electron chi connectivity index (χ3n) is 3.09. The summed E-state index contributed by atoms with van der Waals surface area (Å²) in [6, 6.07) is 12.5. The van der Waals surface area contributed by atoms with Gasteiger partial charge in [0.15, 0.2) is 5.65 Å². The third-order valence-corrected chi connectivity index (χ3v) is 4.83. The maximum absolute atomic E-state index is 12.7. The zero-order valence-electron chi connectivity index (χ0n) is 10.8. The molecular formula is C13H11BN2O4S. The Kier molecular flexibility index (Phi) is 3.28. The summed E-state index contributed by atoms with van der Waals surface area (Å²) in [5.41, 5.74) is 0.0111. The van der Waals surface area contributed by atoms with Gasteiger partial charge in [-0.1, -0.05) is 18.2 Å². The molecule has 21 heavy (non-hydrogen) atoms. The predicted octanol–water partition coefficient (Wildman–Crippen LogP) is -0.0469. The van der Waals surface area contributed by atoms with Crippen molar-refractivity contribution < 1.29 is 18.5 Å². The fraction of sp³-hybridized carbons (Fsp3) is 0. The van der Waals surface area contributed by atoms with Crippen LogP contribution in [0.1, 0.15) is 0 Å². The van der Waals surface area contributed by atoms with Crippen molar-refractivity contribution in [3.63, 3.8) is 0 Å². The van der Waals surface area contributed by atoms with Crippen LogP contribution >= 0.6 is 0 Å². The van der Waals surface area contributed by atoms with Crippen LogP contribution in [0.5, 0.6) is 0 Å². The Morgan fingerprint density at radius 1 is 1.05 bits per heavy atom. The number of hydrogen-bond acceptors (Lipinski definition) is 5. The van der Waals surface area contributed by atoms with E-state index in [2.05, 4.69) is 4.98 Å². The minimum absolute atomic E-state index is 0.0510. The number of aromatic nitrogens is 2. The van der Waals surface area contributed by atoms with Gasteiger partial charge in [-0.25, -0.2) is 17.4 Å². The molecule has 0 radical (unpaired) electrons. The van der Waals surface area contributed by atoms with Crippen molar-refractivity contribution in [1.29, 1.82) is 0 Å². The average Bonchev–Trinajstić information content (AvgIpc) is 2.88. The van der Waals surface area contributed by atoms with Crippen LogP contribution in [0.25, 0.3) is 11.0 Å². The zero-order valence-corrected chi connectivity index (χ0v) is 11.6. The van der Waals surface area contributed by atoms with Gasteiger partial charge in [-0.2, -0.15) is 0 Å². The highest BCUT2D eigenvalue weighted by atomic mass is 32.2. The molecule has 8 heteroatoms. The van der Waals surface area contributed by atoms with Crippen LogP contribution in [0.4, 0.5) is 0 Å². The second kappa shape index (κ2) is 4.99. The normalized spacial score (nSPS) is 11.7. The number of rotatable bonds is 3. The molecule has 3 rings (SSSR count). The molecule has 106 valence electrons. The van der Waals surface area contributed by atoms with E-state index in [1.165, 1.54) is 24.4 Å². The Morgan fingerprint density at radius 2 is 1.76 bits per heavy atom. The molecule has 2 heterocycles. The van der Waals surface area contributed by atoms with Crippen molar-refractivity contribution in [3.8, 4) is 0 Å². The molecule has 2 N–H and O–H groups in total. The van der Waals surface area contributed by atoms with Crippen LogP contribution < -0.4 is 5.59 Å². The van der Waals surface area contributed by atoms with Crippen molar-refractivity contribution in [3.05, 3.63) is 54.7 Å². The number of nitrogens with zero attached hydrogens (tertiary/aromatic N) is 2. The molecule has 2 aromatic heterocycles. The third kappa shape index (κ3) is 2.23. The van der Waals surface area contributed by atoms with Crippen molar-refractivity contribution >= 4 is 33.8 Å². The second-order valence-electron chi connectivity index (χ2n) is 4.44. The van der Waals surface area contributed by atoms with E-state index in [0.717, 1.165) is 3.97 Å². The average molecular weight is 302 g/mol. The van der Waals surface area contributed by atoms with Crippen molar-refractivity contribution in [1.82, 2.24) is 8.96 Å². The minimum atomic E-state index is -3.96. The lowest BCUT2D eigenvalue weighted by molar-refractivity contribution is 0.423. The molecule has 0 saturated heterocycles. The van der Waals surface area contributed by atoms with Gasteiger partial charge in [-0.3, -0.25) is 0 Å². The number of fused-ring (bicyclic) bond motifs is 1. The van der Waals surface area contributed by atoms with Gasteiger partial charge in [-0.15, -0.1) is 0 Å². The van der Waals surface area contributed by atoms with Crippen LogP contribution in [0.3, 0.4) is 0 Å². The fourth-order valence-electron chi connectivity index (χ4n) is 2.16. The first-order chi connectivity index (χ1) is 10.0. The van der Waals surface area contributed by atoms with Crippen molar-refractivity contribution in [2.45, 2.75) is 4.90 Å². The lowest BCUT2D eigenvalue weighted by atomic mass is 9.86. The van der Waals surface area contributed by atoms with Gasteiger partial charge in [0.05, 0.1) is 10.5 Å². The standard InChI is InChI=1S/C13H11BN2O4S/c17-14(18)12-9-10-5-4-8-15-13(10)16(12)21(19,20)11-6-2-1-3-7-11/h1-9,17-18H. The first-order valence-corrected chi connectivity index (χ1v) is 7.59. The van der Waals surface area contributed by atoms with E-state index < -0.39 is 17.1 Å². The van der Waals surface area contributed by atoms with Crippen molar-refractivity contribution in [2.75, 3.05) is 0 Å². The van der Waals surface area contributed by atoms with Gasteiger partial charge in [0.1, 0.15) is 0 Å². The summed E-state index contributed by atoms with van der Waals surface area (Å²) in [4.78, 5) is 4.09. The molecule has 0 saturated carbocycles. The lowest BCUT2D eigenvalue weighted by Gasteiger charge is -2.10. The molecule has 0 atom stereocenters. The Bertz CT molecular complexity index is 891. The highest BCUT2D eigenvalue weighted by Gasteiger charge is 2.28. The Morgan fingerprint density at radius 3 is 2.43 bits per heavy atom. The van der Waals surface area contributed by atoms with Gasteiger partial charge in [0, 0.05) is 11.6 Å². The molecule has 1 aromatic carbocycles. The SMILES string of the molecule is O=S(=O)(c1ccccc1)n1c(B(O)O)cc2cccnc21. The molecule has 0 fully saturated rings. The van der Waals surface area contributed by atoms with Gasteiger partial charge >= 0.3 is 7.12 Å². The molecule has 0 bridgehead atoms. The van der Waals surface area contributed by atoms with E-state index in [1.54, 1.807) is 30.3 Å². The molecule has 0 unspecified atom stereocenters. The largest absolute Gasteiger partial charge is 0.507 e. The summed E-state index contributed by atoms with van der Waals surface area (Å²) in [5, 5.41) is 19.4. The molecule has 0 aliphatic carbocycles. The van der Waals surface area contributed by atoms with Crippen LogP contribution in [0, 0.1) is 0 Å². The first kappa shape index (κ1) is 13.8. The molecule has 0 amide bonds. The van der Waals surface area contributed by atoms with Crippen LogP contribution in [-0.4, -0.2) is 34.5 Å². The summed E-state index contributed by atoms with van der Waals surface area (Å²) >= 11 is 0. The summed E-state index contributed by atoms with van der Waals surface area (Å²) in [6.45, 7) is 0. The highest BCUT2D eigenvalue weighted by Crippen LogP contribution is 2.19. The van der Waals surface area contributed by atoms with E-state index in [-0.39, 0.29) is 16.1 Å². The minimum Gasteiger partial charge on any atom is -0.422 e. The Hall–Kier alpha value is -2.16. The van der Waals surface area contributed by atoms with E-state index in [1.807, 2.05) is 0 Å². The molecule has 6 nitrogen and oxygen atoms in total. The second-order valence-corrected chi connectivity index (χ2v) is 6.23. The number of hydrogen-bond donors (Lipinski definition) is 2. The van der Waals surface area contributed by atoms with E-state index in [9.17, 15) is 18.5 Å². The van der Waals surface area contributed by atoms with Gasteiger partial charge < -0.3 is 10.0 Å². The van der Waals surface area contributed by atoms with Gasteiger partial charge in [0.2, 0.25) is 0 Å². The lowest BCUT2D eigenvalue weighted by Crippen LogP contribution is -2.39. The Balaban J connectivity index is 2.36. The van der Waals surface area contributed by atoms with Gasteiger partial charge in [0.25, 0.3) is 10.0 Å². The Labute approximate surface area is 121 Å². The number of pyridine rings is 1. The predicted molar refractivity (Wildman–Crippen MR) is 78.6 cm³/mol. The quantitative estimate of drug-likeness (QED) is 0.662. The van der Waals surface area contributed by atoms with Crippen molar-refractivity contribution in [2.24, 2.45) is 0 Å². The first-order valence-electron chi connectivity index (χ1n) is 6.15. The summed E-state index contributed by atoms with van der Waals surface area (Å²) in [7, 11) is -5.88. The van der Waals surface area contributed by atoms with Crippen LogP contribution in [-0.2, 0) is 10.0 Å². The molecule has 3 aromatic rings. The maximum Gasteiger partial charge on any atom is 0.507 e. The van der Waals surface area contributed by atoms with Gasteiger partial charge in [-0.05, 0) is 30.3 Å². The van der Waals surface area contributed by atoms with Crippen LogP contribution in [0.2, 0.25) is 0 Å². The molecule has 0 aliphatic heterocycles. The fourth-order valence-corrected chi connectivity index (χ4v) is 3.68. The highest BCUT2D eigenvalue weighted by molar-refractivity contribution is 7.90. The molecule has 0 aliphatic rings. The number of benzene rings is 1. The van der Waals surface area contributed by atoms with Crippen LogP contribution in [0.15, 0.2) is 59.6 Å². The smallest absolute Gasteiger partial charge is 0.422 e. The topological polar surface area (TPSA) is 92.4 Å².